The average Bonchev–Trinajstić information content (AvgIpc) is 2.43. The van der Waals surface area contributed by atoms with Crippen LogP contribution in [0, 0.1) is 0 Å². The summed E-state index contributed by atoms with van der Waals surface area (Å²) in [4.78, 5) is 22.8. The Hall–Kier alpha value is -1.88. The molecular weight excluding hydrogens is 268 g/mol. The predicted molar refractivity (Wildman–Crippen MR) is 83.5 cm³/mol. The van der Waals surface area contributed by atoms with Crippen molar-refractivity contribution in [3.8, 4) is 0 Å². The minimum atomic E-state index is -0.925. The monoisotopic (exact) mass is 292 g/mol. The van der Waals surface area contributed by atoms with E-state index in [2.05, 4.69) is 24.5 Å². The van der Waals surface area contributed by atoms with Gasteiger partial charge in [-0.15, -0.1) is 0 Å². The summed E-state index contributed by atoms with van der Waals surface area (Å²) in [6.07, 6.45) is 1.26. The van der Waals surface area contributed by atoms with Crippen molar-refractivity contribution in [2.24, 2.45) is 0 Å². The van der Waals surface area contributed by atoms with Crippen molar-refractivity contribution in [3.63, 3.8) is 0 Å². The minimum absolute atomic E-state index is 0.0110. The number of carboxylic acids is 1. The van der Waals surface area contributed by atoms with Crippen molar-refractivity contribution in [2.75, 3.05) is 11.9 Å². The van der Waals surface area contributed by atoms with Gasteiger partial charge in [-0.05, 0) is 30.0 Å². The van der Waals surface area contributed by atoms with Crippen LogP contribution in [-0.2, 0) is 9.59 Å². The Balaban J connectivity index is 2.53. The number of nitrogens with one attached hydrogen (secondary N) is 2. The molecule has 0 saturated carbocycles. The van der Waals surface area contributed by atoms with Crippen LogP contribution in [0.2, 0.25) is 0 Å². The van der Waals surface area contributed by atoms with Crippen LogP contribution in [0.25, 0.3) is 0 Å². The van der Waals surface area contributed by atoms with Crippen LogP contribution < -0.4 is 10.6 Å². The van der Waals surface area contributed by atoms with E-state index >= 15 is 0 Å². The van der Waals surface area contributed by atoms with E-state index in [1.807, 2.05) is 31.2 Å². The van der Waals surface area contributed by atoms with Crippen molar-refractivity contribution in [1.82, 2.24) is 5.32 Å². The van der Waals surface area contributed by atoms with Gasteiger partial charge in [-0.1, -0.05) is 39.3 Å². The second-order valence-electron chi connectivity index (χ2n) is 5.39. The number of carboxylic acid groups (broad SMARTS) is 1. The normalized spacial score (nSPS) is 12.2. The lowest BCUT2D eigenvalue weighted by Crippen LogP contribution is -2.41. The van der Waals surface area contributed by atoms with Gasteiger partial charge in [0.1, 0.15) is 6.04 Å². The first-order valence-electron chi connectivity index (χ1n) is 7.30. The summed E-state index contributed by atoms with van der Waals surface area (Å²) in [7, 11) is 0. The lowest BCUT2D eigenvalue weighted by molar-refractivity contribution is -0.139. The molecule has 3 N–H and O–H groups in total. The highest BCUT2D eigenvalue weighted by Gasteiger charge is 2.16. The van der Waals surface area contributed by atoms with Gasteiger partial charge in [-0.2, -0.15) is 0 Å². The summed E-state index contributed by atoms with van der Waals surface area (Å²) in [5, 5.41) is 14.6. The number of rotatable bonds is 8. The lowest BCUT2D eigenvalue weighted by atomic mass is 10.0. The van der Waals surface area contributed by atoms with Crippen molar-refractivity contribution >= 4 is 17.6 Å². The first kappa shape index (κ1) is 17.2. The van der Waals surface area contributed by atoms with Gasteiger partial charge < -0.3 is 10.4 Å². The zero-order valence-electron chi connectivity index (χ0n) is 12.8. The summed E-state index contributed by atoms with van der Waals surface area (Å²) in [6.45, 7) is 6.08. The van der Waals surface area contributed by atoms with E-state index < -0.39 is 12.0 Å². The molecule has 0 spiro atoms. The smallest absolute Gasteiger partial charge is 0.320 e. The summed E-state index contributed by atoms with van der Waals surface area (Å²) >= 11 is 0. The van der Waals surface area contributed by atoms with Crippen molar-refractivity contribution < 1.29 is 14.7 Å². The molecule has 0 aliphatic carbocycles. The van der Waals surface area contributed by atoms with E-state index in [0.717, 1.165) is 17.7 Å². The quantitative estimate of drug-likeness (QED) is 0.688. The van der Waals surface area contributed by atoms with Crippen LogP contribution in [0.4, 0.5) is 5.69 Å². The number of aliphatic carboxylic acids is 1. The average molecular weight is 292 g/mol. The molecule has 21 heavy (non-hydrogen) atoms. The number of hydrogen-bond donors (Lipinski definition) is 3. The SMILES string of the molecule is CCCC(NCC(=O)Nc1cccc(C(C)C)c1)C(=O)O. The summed E-state index contributed by atoms with van der Waals surface area (Å²) < 4.78 is 0. The van der Waals surface area contributed by atoms with Crippen LogP contribution in [0.5, 0.6) is 0 Å². The molecule has 0 fully saturated rings. The van der Waals surface area contributed by atoms with Crippen LogP contribution in [0.1, 0.15) is 45.1 Å². The summed E-state index contributed by atoms with van der Waals surface area (Å²) in [6, 6.07) is 6.99. The van der Waals surface area contributed by atoms with Gasteiger partial charge in [0.25, 0.3) is 0 Å². The Morgan fingerprint density at radius 3 is 2.57 bits per heavy atom. The van der Waals surface area contributed by atoms with Gasteiger partial charge >= 0.3 is 5.97 Å². The van der Waals surface area contributed by atoms with Crippen LogP contribution >= 0.6 is 0 Å². The highest BCUT2D eigenvalue weighted by atomic mass is 16.4. The van der Waals surface area contributed by atoms with Gasteiger partial charge in [0.05, 0.1) is 6.54 Å². The van der Waals surface area contributed by atoms with Crippen LogP contribution in [0.3, 0.4) is 0 Å². The Morgan fingerprint density at radius 2 is 2.00 bits per heavy atom. The van der Waals surface area contributed by atoms with Crippen LogP contribution in [0.15, 0.2) is 24.3 Å². The van der Waals surface area contributed by atoms with E-state index in [-0.39, 0.29) is 12.5 Å². The van der Waals surface area contributed by atoms with Gasteiger partial charge in [0.2, 0.25) is 5.91 Å². The molecule has 0 heterocycles. The third-order valence-electron chi connectivity index (χ3n) is 3.22. The van der Waals surface area contributed by atoms with Gasteiger partial charge in [-0.3, -0.25) is 14.9 Å². The number of anilines is 1. The molecule has 116 valence electrons. The van der Waals surface area contributed by atoms with Gasteiger partial charge in [0.15, 0.2) is 0 Å². The maximum atomic E-state index is 11.9. The molecule has 1 unspecified atom stereocenters. The molecule has 1 rings (SSSR count). The fourth-order valence-electron chi connectivity index (χ4n) is 2.00. The number of benzene rings is 1. The van der Waals surface area contributed by atoms with Gasteiger partial charge in [0, 0.05) is 5.69 Å². The summed E-state index contributed by atoms with van der Waals surface area (Å²) in [5.41, 5.74) is 1.88. The van der Waals surface area contributed by atoms with E-state index in [0.29, 0.717) is 12.3 Å². The highest BCUT2D eigenvalue weighted by Crippen LogP contribution is 2.18. The fourth-order valence-corrected chi connectivity index (χ4v) is 2.00. The first-order valence-corrected chi connectivity index (χ1v) is 7.30. The zero-order chi connectivity index (χ0) is 15.8. The Kier molecular flexibility index (Phi) is 6.88. The second kappa shape index (κ2) is 8.42. The largest absolute Gasteiger partial charge is 0.480 e. The molecule has 0 bridgehead atoms. The fraction of sp³-hybridized carbons (Fsp3) is 0.500. The molecule has 0 aromatic heterocycles. The van der Waals surface area contributed by atoms with E-state index in [1.54, 1.807) is 0 Å². The maximum absolute atomic E-state index is 11.9. The number of carbonyl (C=O) groups excluding carboxylic acids is 1. The lowest BCUT2D eigenvalue weighted by Gasteiger charge is -2.14. The van der Waals surface area contributed by atoms with Gasteiger partial charge in [-0.25, -0.2) is 0 Å². The van der Waals surface area contributed by atoms with Crippen molar-refractivity contribution in [3.05, 3.63) is 29.8 Å². The molecule has 1 atom stereocenters. The van der Waals surface area contributed by atoms with Crippen molar-refractivity contribution in [1.29, 1.82) is 0 Å². The third kappa shape index (κ3) is 5.95. The molecule has 5 nitrogen and oxygen atoms in total. The highest BCUT2D eigenvalue weighted by molar-refractivity contribution is 5.92. The van der Waals surface area contributed by atoms with E-state index in [4.69, 9.17) is 5.11 Å². The number of amides is 1. The maximum Gasteiger partial charge on any atom is 0.320 e. The Morgan fingerprint density at radius 1 is 1.29 bits per heavy atom. The predicted octanol–water partition coefficient (Wildman–Crippen LogP) is 2.59. The number of carbonyl (C=O) groups is 2. The molecule has 1 aromatic carbocycles. The first-order chi connectivity index (χ1) is 9.93. The molecule has 0 saturated heterocycles. The van der Waals surface area contributed by atoms with Crippen molar-refractivity contribution in [2.45, 2.75) is 45.6 Å². The second-order valence-corrected chi connectivity index (χ2v) is 5.39. The molecule has 0 aliphatic heterocycles. The van der Waals surface area contributed by atoms with E-state index in [9.17, 15) is 9.59 Å². The molecule has 5 heteroatoms. The Labute approximate surface area is 125 Å². The summed E-state index contributed by atoms with van der Waals surface area (Å²) in [5.74, 6) is -0.773. The molecule has 1 amide bonds. The Bertz CT molecular complexity index is 486. The number of hydrogen-bond acceptors (Lipinski definition) is 3. The third-order valence-corrected chi connectivity index (χ3v) is 3.22. The molecular formula is C16H24N2O3. The molecule has 0 radical (unpaired) electrons. The van der Waals surface area contributed by atoms with Crippen LogP contribution in [-0.4, -0.2) is 29.6 Å². The van der Waals surface area contributed by atoms with E-state index in [1.165, 1.54) is 0 Å². The molecule has 0 aliphatic rings. The minimum Gasteiger partial charge on any atom is -0.480 e. The standard InChI is InChI=1S/C16H24N2O3/c1-4-6-14(16(20)21)17-10-15(19)18-13-8-5-7-12(9-13)11(2)3/h5,7-9,11,14,17H,4,6,10H2,1-3H3,(H,18,19)(H,20,21). The topological polar surface area (TPSA) is 78.4 Å². The zero-order valence-corrected chi connectivity index (χ0v) is 12.8. The molecule has 1 aromatic rings.